The minimum absolute atomic E-state index is 0.144. The van der Waals surface area contributed by atoms with E-state index in [2.05, 4.69) is 20.8 Å². The maximum atomic E-state index is 12.5. The predicted molar refractivity (Wildman–Crippen MR) is 103 cm³/mol. The van der Waals surface area contributed by atoms with Gasteiger partial charge in [0.05, 0.1) is 25.2 Å². The van der Waals surface area contributed by atoms with E-state index in [-0.39, 0.29) is 5.91 Å². The average molecular weight is 385 g/mol. The van der Waals surface area contributed by atoms with E-state index >= 15 is 0 Å². The first-order valence-corrected chi connectivity index (χ1v) is 9.03. The maximum absolute atomic E-state index is 12.5. The Balaban J connectivity index is 1.67. The molecule has 1 N–H and O–H groups in total. The van der Waals surface area contributed by atoms with Crippen molar-refractivity contribution in [3.8, 4) is 17.2 Å². The van der Waals surface area contributed by atoms with Crippen molar-refractivity contribution in [1.29, 1.82) is 0 Å². The van der Waals surface area contributed by atoms with Gasteiger partial charge in [-0.1, -0.05) is 11.8 Å². The third-order valence-corrected chi connectivity index (χ3v) is 4.80. The van der Waals surface area contributed by atoms with Crippen molar-refractivity contribution >= 4 is 23.4 Å². The summed E-state index contributed by atoms with van der Waals surface area (Å²) in [6.45, 7) is 1.80. The molecule has 1 aromatic heterocycles. The molecule has 0 fully saturated rings. The molecular formula is C18H19N5O3S. The van der Waals surface area contributed by atoms with Crippen LogP contribution in [0.4, 0.5) is 5.69 Å². The van der Waals surface area contributed by atoms with E-state index in [0.29, 0.717) is 10.8 Å². The average Bonchev–Trinajstić information content (AvgIpc) is 3.16. The molecule has 0 unspecified atom stereocenters. The van der Waals surface area contributed by atoms with Crippen LogP contribution in [0.3, 0.4) is 0 Å². The largest absolute Gasteiger partial charge is 0.497 e. The van der Waals surface area contributed by atoms with Crippen LogP contribution in [-0.2, 0) is 4.79 Å². The Morgan fingerprint density at radius 3 is 2.22 bits per heavy atom. The summed E-state index contributed by atoms with van der Waals surface area (Å²) in [7, 11) is 3.20. The fourth-order valence-corrected chi connectivity index (χ4v) is 3.08. The van der Waals surface area contributed by atoms with E-state index in [1.165, 1.54) is 11.8 Å². The first-order valence-electron chi connectivity index (χ1n) is 8.15. The molecule has 140 valence electrons. The second-order valence-electron chi connectivity index (χ2n) is 5.55. The third-order valence-electron chi connectivity index (χ3n) is 3.77. The summed E-state index contributed by atoms with van der Waals surface area (Å²) >= 11 is 1.28. The van der Waals surface area contributed by atoms with Crippen LogP contribution in [0.15, 0.2) is 53.7 Å². The summed E-state index contributed by atoms with van der Waals surface area (Å²) < 4.78 is 11.9. The van der Waals surface area contributed by atoms with E-state index in [0.717, 1.165) is 17.2 Å². The molecule has 0 radical (unpaired) electrons. The number of methoxy groups -OCH3 is 2. The molecular weight excluding hydrogens is 366 g/mol. The quantitative estimate of drug-likeness (QED) is 0.625. The van der Waals surface area contributed by atoms with Gasteiger partial charge in [-0.2, -0.15) is 4.68 Å². The van der Waals surface area contributed by atoms with Crippen molar-refractivity contribution in [1.82, 2.24) is 20.2 Å². The summed E-state index contributed by atoms with van der Waals surface area (Å²) in [6, 6.07) is 14.5. The molecule has 0 aliphatic heterocycles. The van der Waals surface area contributed by atoms with Gasteiger partial charge in [0.15, 0.2) is 0 Å². The van der Waals surface area contributed by atoms with Gasteiger partial charge in [0.2, 0.25) is 11.1 Å². The molecule has 0 aliphatic rings. The summed E-state index contributed by atoms with van der Waals surface area (Å²) in [6.07, 6.45) is 0. The number of hydrogen-bond donors (Lipinski definition) is 1. The molecule has 0 bridgehead atoms. The predicted octanol–water partition coefficient (Wildman–Crippen LogP) is 2.80. The number of hydrogen-bond acceptors (Lipinski definition) is 7. The fourth-order valence-electron chi connectivity index (χ4n) is 2.27. The van der Waals surface area contributed by atoms with Crippen molar-refractivity contribution in [2.45, 2.75) is 17.3 Å². The zero-order valence-electron chi connectivity index (χ0n) is 15.1. The summed E-state index contributed by atoms with van der Waals surface area (Å²) in [5, 5.41) is 14.8. The van der Waals surface area contributed by atoms with Crippen molar-refractivity contribution in [2.75, 3.05) is 19.5 Å². The Labute approximate surface area is 160 Å². The molecule has 9 heteroatoms. The molecule has 27 heavy (non-hydrogen) atoms. The highest BCUT2D eigenvalue weighted by molar-refractivity contribution is 8.00. The van der Waals surface area contributed by atoms with Gasteiger partial charge in [0.25, 0.3) is 0 Å². The molecule has 1 heterocycles. The second-order valence-corrected chi connectivity index (χ2v) is 6.86. The molecule has 0 spiro atoms. The van der Waals surface area contributed by atoms with Crippen LogP contribution in [0.2, 0.25) is 0 Å². The van der Waals surface area contributed by atoms with Crippen LogP contribution in [-0.4, -0.2) is 45.6 Å². The van der Waals surface area contributed by atoms with Crippen molar-refractivity contribution in [3.05, 3.63) is 48.5 Å². The summed E-state index contributed by atoms with van der Waals surface area (Å²) in [4.78, 5) is 12.5. The lowest BCUT2D eigenvalue weighted by molar-refractivity contribution is -0.115. The molecule has 8 nitrogen and oxygen atoms in total. The van der Waals surface area contributed by atoms with Gasteiger partial charge in [-0.15, -0.1) is 5.10 Å². The number of amides is 1. The second kappa shape index (κ2) is 8.54. The number of anilines is 1. The lowest BCUT2D eigenvalue weighted by Gasteiger charge is -2.12. The number of rotatable bonds is 7. The minimum atomic E-state index is -0.393. The zero-order valence-corrected chi connectivity index (χ0v) is 15.9. The van der Waals surface area contributed by atoms with E-state index < -0.39 is 5.25 Å². The first kappa shape index (κ1) is 18.7. The Morgan fingerprint density at radius 1 is 1.04 bits per heavy atom. The van der Waals surface area contributed by atoms with Crippen molar-refractivity contribution in [2.24, 2.45) is 0 Å². The van der Waals surface area contributed by atoms with Crippen LogP contribution in [0.25, 0.3) is 5.69 Å². The van der Waals surface area contributed by atoms with Gasteiger partial charge in [0, 0.05) is 5.69 Å². The van der Waals surface area contributed by atoms with Gasteiger partial charge >= 0.3 is 0 Å². The standard InChI is InChI=1S/C18H19N5O3S/c1-12(17(24)19-13-4-8-15(25-2)9-5-13)27-18-20-21-22-23(18)14-6-10-16(26-3)11-7-14/h4-12H,1-3H3,(H,19,24)/t12-/m0/s1. The van der Waals surface area contributed by atoms with E-state index in [1.807, 2.05) is 24.3 Å². The molecule has 0 aliphatic carbocycles. The molecule has 0 saturated heterocycles. The number of ether oxygens (including phenoxy) is 2. The maximum Gasteiger partial charge on any atom is 0.237 e. The highest BCUT2D eigenvalue weighted by Crippen LogP contribution is 2.25. The Morgan fingerprint density at radius 2 is 1.63 bits per heavy atom. The number of nitrogens with one attached hydrogen (secondary N) is 1. The van der Waals surface area contributed by atoms with Crippen LogP contribution < -0.4 is 14.8 Å². The number of benzene rings is 2. The summed E-state index contributed by atoms with van der Waals surface area (Å²) in [5.74, 6) is 1.33. The number of tetrazole rings is 1. The number of carbonyl (C=O) groups is 1. The molecule has 1 amide bonds. The number of carbonyl (C=O) groups excluding carboxylic acids is 1. The van der Waals surface area contributed by atoms with Crippen LogP contribution in [0, 0.1) is 0 Å². The normalized spacial score (nSPS) is 11.7. The van der Waals surface area contributed by atoms with Crippen LogP contribution >= 0.6 is 11.8 Å². The smallest absolute Gasteiger partial charge is 0.237 e. The number of aromatic nitrogens is 4. The number of thioether (sulfide) groups is 1. The SMILES string of the molecule is COc1ccc(NC(=O)[C@H](C)Sc2nnnn2-c2ccc(OC)cc2)cc1. The minimum Gasteiger partial charge on any atom is -0.497 e. The van der Waals surface area contributed by atoms with Gasteiger partial charge < -0.3 is 14.8 Å². The van der Waals surface area contributed by atoms with E-state index in [9.17, 15) is 4.79 Å². The molecule has 2 aromatic carbocycles. The Kier molecular flexibility index (Phi) is 5.92. The van der Waals surface area contributed by atoms with Crippen LogP contribution in [0.1, 0.15) is 6.92 Å². The molecule has 1 atom stereocenters. The number of nitrogens with zero attached hydrogens (tertiary/aromatic N) is 4. The first-order chi connectivity index (χ1) is 13.1. The van der Waals surface area contributed by atoms with Crippen LogP contribution in [0.5, 0.6) is 11.5 Å². The Hall–Kier alpha value is -3.07. The monoisotopic (exact) mass is 385 g/mol. The lowest BCUT2D eigenvalue weighted by Crippen LogP contribution is -2.22. The van der Waals surface area contributed by atoms with Crippen molar-refractivity contribution < 1.29 is 14.3 Å². The highest BCUT2D eigenvalue weighted by atomic mass is 32.2. The van der Waals surface area contributed by atoms with Gasteiger partial charge in [-0.3, -0.25) is 4.79 Å². The molecule has 3 aromatic rings. The van der Waals surface area contributed by atoms with Gasteiger partial charge in [0.1, 0.15) is 11.5 Å². The van der Waals surface area contributed by atoms with Crippen molar-refractivity contribution in [3.63, 3.8) is 0 Å². The topological polar surface area (TPSA) is 91.2 Å². The molecule has 3 rings (SSSR count). The van der Waals surface area contributed by atoms with Gasteiger partial charge in [-0.05, 0) is 65.9 Å². The lowest BCUT2D eigenvalue weighted by atomic mass is 10.3. The third kappa shape index (κ3) is 4.56. The summed E-state index contributed by atoms with van der Waals surface area (Å²) in [5.41, 5.74) is 1.48. The Bertz CT molecular complexity index is 896. The van der Waals surface area contributed by atoms with Gasteiger partial charge in [-0.25, -0.2) is 0 Å². The highest BCUT2D eigenvalue weighted by Gasteiger charge is 2.19. The molecule has 0 saturated carbocycles. The fraction of sp³-hybridized carbons (Fsp3) is 0.222. The zero-order chi connectivity index (χ0) is 19.2. The van der Waals surface area contributed by atoms with E-state index in [4.69, 9.17) is 9.47 Å². The van der Waals surface area contributed by atoms with E-state index in [1.54, 1.807) is 50.1 Å².